The number of hydrogen-bond donors (Lipinski definition) is 0. The van der Waals surface area contributed by atoms with Gasteiger partial charge in [0.2, 0.25) is 0 Å². The van der Waals surface area contributed by atoms with Crippen molar-refractivity contribution in [2.75, 3.05) is 0 Å². The fourth-order valence-corrected chi connectivity index (χ4v) is 5.77. The molecule has 0 radical (unpaired) electrons. The summed E-state index contributed by atoms with van der Waals surface area (Å²) in [6.45, 7) is 2.92. The van der Waals surface area contributed by atoms with Crippen molar-refractivity contribution in [1.82, 2.24) is 13.9 Å². The van der Waals surface area contributed by atoms with Crippen molar-refractivity contribution >= 4 is 17.0 Å². The molecule has 0 atom stereocenters. The van der Waals surface area contributed by atoms with E-state index in [1.165, 1.54) is 43.4 Å². The average Bonchev–Trinajstić information content (AvgIpc) is 3.34. The Morgan fingerprint density at radius 3 is 2.33 bits per heavy atom. The number of hydrogen-bond acceptors (Lipinski definition) is 3. The summed E-state index contributed by atoms with van der Waals surface area (Å²) in [4.78, 5) is 19.3. The summed E-state index contributed by atoms with van der Waals surface area (Å²) in [5.74, 6) is 0.660. The van der Waals surface area contributed by atoms with Gasteiger partial charge >= 0.3 is 0 Å². The zero-order chi connectivity index (χ0) is 22.8. The summed E-state index contributed by atoms with van der Waals surface area (Å²) < 4.78 is 5.94. The van der Waals surface area contributed by atoms with Gasteiger partial charge in [0.25, 0.3) is 5.56 Å². The van der Waals surface area contributed by atoms with E-state index in [2.05, 4.69) is 34.2 Å². The minimum atomic E-state index is -0.0833. The quantitative estimate of drug-likeness (QED) is 0.371. The molecule has 4 aromatic rings. The number of benzene rings is 2. The van der Waals surface area contributed by atoms with E-state index in [0.29, 0.717) is 11.6 Å². The van der Waals surface area contributed by atoms with Crippen molar-refractivity contribution in [2.24, 2.45) is 18.0 Å². The third kappa shape index (κ3) is 4.27. The minimum Gasteiger partial charge on any atom is -0.316 e. The second kappa shape index (κ2) is 9.40. The molecule has 5 rings (SSSR count). The highest BCUT2D eigenvalue weighted by Gasteiger charge is 2.19. The third-order valence-corrected chi connectivity index (χ3v) is 7.63. The van der Waals surface area contributed by atoms with Crippen LogP contribution in [0.5, 0.6) is 0 Å². The fraction of sp³-hybridized carbons (Fsp3) is 0.333. The van der Waals surface area contributed by atoms with Gasteiger partial charge in [-0.2, -0.15) is 0 Å². The fourth-order valence-electron chi connectivity index (χ4n) is 4.84. The van der Waals surface area contributed by atoms with Crippen molar-refractivity contribution in [3.8, 4) is 16.9 Å². The summed E-state index contributed by atoms with van der Waals surface area (Å²) in [7, 11) is 1.92. The molecule has 0 amide bonds. The first-order chi connectivity index (χ1) is 16.1. The van der Waals surface area contributed by atoms with Gasteiger partial charge < -0.3 is 4.57 Å². The first-order valence-corrected chi connectivity index (χ1v) is 12.6. The highest BCUT2D eigenvalue weighted by Crippen LogP contribution is 2.28. The second-order valence-electron chi connectivity index (χ2n) is 8.91. The number of nitrogens with zero attached hydrogens (tertiary/aromatic N) is 4. The molecule has 170 valence electrons. The average molecular weight is 459 g/mol. The molecule has 0 saturated heterocycles. The van der Waals surface area contributed by atoms with Crippen LogP contribution in [0, 0.1) is 12.8 Å². The summed E-state index contributed by atoms with van der Waals surface area (Å²) in [5.41, 5.74) is 4.52. The molecule has 2 aromatic heterocycles. The highest BCUT2D eigenvalue weighted by atomic mass is 32.1. The maximum atomic E-state index is 13.4. The molecule has 2 heterocycles. The first-order valence-electron chi connectivity index (χ1n) is 11.8. The molecule has 0 bridgehead atoms. The van der Waals surface area contributed by atoms with Crippen LogP contribution < -0.4 is 10.4 Å². The highest BCUT2D eigenvalue weighted by molar-refractivity contribution is 7.07. The van der Waals surface area contributed by atoms with Crippen LogP contribution in [0.1, 0.15) is 37.8 Å². The Labute approximate surface area is 198 Å². The zero-order valence-corrected chi connectivity index (χ0v) is 20.1. The lowest BCUT2D eigenvalue weighted by molar-refractivity contribution is 0.318. The molecule has 0 N–H and O–H groups in total. The number of aromatic nitrogens is 3. The van der Waals surface area contributed by atoms with E-state index in [4.69, 9.17) is 4.99 Å². The van der Waals surface area contributed by atoms with Gasteiger partial charge in [0.1, 0.15) is 0 Å². The normalized spacial score (nSPS) is 15.3. The van der Waals surface area contributed by atoms with Gasteiger partial charge in [0.15, 0.2) is 10.5 Å². The lowest BCUT2D eigenvalue weighted by Gasteiger charge is -2.23. The lowest BCUT2D eigenvalue weighted by Crippen LogP contribution is -2.23. The molecule has 0 spiro atoms. The van der Waals surface area contributed by atoms with Gasteiger partial charge in [-0.1, -0.05) is 67.8 Å². The number of para-hydroxylation sites is 1. The van der Waals surface area contributed by atoms with Crippen LogP contribution in [-0.4, -0.2) is 13.9 Å². The summed E-state index contributed by atoms with van der Waals surface area (Å²) >= 11 is 1.62. The monoisotopic (exact) mass is 458 g/mol. The third-order valence-electron chi connectivity index (χ3n) is 6.76. The molecular weight excluding hydrogens is 428 g/mol. The maximum absolute atomic E-state index is 13.4. The SMILES string of the molecule is Cc1c(N=c2scc(-c3ccccc3)n2CC2CCCCC2)c(=O)n(-c2ccccc2)n1C. The Morgan fingerprint density at radius 1 is 0.970 bits per heavy atom. The van der Waals surface area contributed by atoms with Gasteiger partial charge in [-0.05, 0) is 43.4 Å². The Bertz CT molecular complexity index is 1350. The van der Waals surface area contributed by atoms with Gasteiger partial charge in [-0.25, -0.2) is 9.67 Å². The maximum Gasteiger partial charge on any atom is 0.297 e. The molecule has 33 heavy (non-hydrogen) atoms. The Balaban J connectivity index is 1.65. The van der Waals surface area contributed by atoms with Gasteiger partial charge in [-0.3, -0.25) is 9.48 Å². The van der Waals surface area contributed by atoms with E-state index < -0.39 is 0 Å². The number of rotatable bonds is 5. The number of thiazole rings is 1. The van der Waals surface area contributed by atoms with Crippen LogP contribution in [0.2, 0.25) is 0 Å². The molecule has 2 aromatic carbocycles. The van der Waals surface area contributed by atoms with Crippen molar-refractivity contribution in [2.45, 2.75) is 45.6 Å². The van der Waals surface area contributed by atoms with E-state index in [1.54, 1.807) is 16.0 Å². The van der Waals surface area contributed by atoms with E-state index in [9.17, 15) is 4.79 Å². The zero-order valence-electron chi connectivity index (χ0n) is 19.3. The summed E-state index contributed by atoms with van der Waals surface area (Å²) in [5, 5.41) is 2.19. The molecule has 1 fully saturated rings. The lowest BCUT2D eigenvalue weighted by atomic mass is 9.89. The Hall–Kier alpha value is -3.12. The molecule has 0 unspecified atom stereocenters. The topological polar surface area (TPSA) is 44.2 Å². The van der Waals surface area contributed by atoms with Crippen molar-refractivity contribution in [1.29, 1.82) is 0 Å². The van der Waals surface area contributed by atoms with Crippen LogP contribution in [0.15, 0.2) is 75.8 Å². The van der Waals surface area contributed by atoms with Crippen LogP contribution in [0.25, 0.3) is 16.9 Å². The Morgan fingerprint density at radius 2 is 1.64 bits per heavy atom. The molecule has 0 aliphatic heterocycles. The first kappa shape index (κ1) is 21.7. The standard InChI is InChI=1S/C27H30N4OS/c1-20-25(26(32)31(29(20)2)23-16-10-5-11-17-23)28-27-30(18-21-12-6-3-7-13-21)24(19-33-27)22-14-8-4-9-15-22/h4-5,8-11,14-17,19,21H,3,6-7,12-13,18H2,1-2H3. The van der Waals surface area contributed by atoms with E-state index in [-0.39, 0.29) is 5.56 Å². The summed E-state index contributed by atoms with van der Waals surface area (Å²) in [6.07, 6.45) is 6.49. The minimum absolute atomic E-state index is 0.0833. The Kier molecular flexibility index (Phi) is 6.18. The van der Waals surface area contributed by atoms with Crippen LogP contribution in [0.3, 0.4) is 0 Å². The van der Waals surface area contributed by atoms with E-state index >= 15 is 0 Å². The van der Waals surface area contributed by atoms with Crippen molar-refractivity contribution in [3.05, 3.63) is 86.9 Å². The molecular formula is C27H30N4OS. The predicted octanol–water partition coefficient (Wildman–Crippen LogP) is 5.83. The smallest absolute Gasteiger partial charge is 0.297 e. The molecule has 6 heteroatoms. The van der Waals surface area contributed by atoms with Crippen molar-refractivity contribution in [3.63, 3.8) is 0 Å². The molecule has 1 aliphatic carbocycles. The van der Waals surface area contributed by atoms with Crippen LogP contribution >= 0.6 is 11.3 Å². The van der Waals surface area contributed by atoms with Gasteiger partial charge in [0.05, 0.1) is 17.1 Å². The predicted molar refractivity (Wildman–Crippen MR) is 135 cm³/mol. The van der Waals surface area contributed by atoms with Crippen LogP contribution in [-0.2, 0) is 13.6 Å². The molecule has 1 aliphatic rings. The largest absolute Gasteiger partial charge is 0.316 e. The summed E-state index contributed by atoms with van der Waals surface area (Å²) in [6, 6.07) is 20.3. The van der Waals surface area contributed by atoms with Gasteiger partial charge in [-0.15, -0.1) is 11.3 Å². The van der Waals surface area contributed by atoms with Crippen LogP contribution in [0.4, 0.5) is 5.69 Å². The molecule has 5 nitrogen and oxygen atoms in total. The second-order valence-corrected chi connectivity index (χ2v) is 9.74. The van der Waals surface area contributed by atoms with E-state index in [0.717, 1.165) is 22.7 Å². The van der Waals surface area contributed by atoms with E-state index in [1.807, 2.05) is 55.1 Å². The van der Waals surface area contributed by atoms with Crippen molar-refractivity contribution < 1.29 is 0 Å². The van der Waals surface area contributed by atoms with Gasteiger partial charge in [0, 0.05) is 19.0 Å². The molecule has 1 saturated carbocycles.